The minimum Gasteiger partial charge on any atom is -0.484 e. The van der Waals surface area contributed by atoms with Crippen LogP contribution in [0.2, 0.25) is 0 Å². The van der Waals surface area contributed by atoms with Crippen molar-refractivity contribution in [2.24, 2.45) is 5.73 Å². The summed E-state index contributed by atoms with van der Waals surface area (Å²) in [4.78, 5) is 22.4. The zero-order valence-electron chi connectivity index (χ0n) is 12.2. The molecule has 0 bridgehead atoms. The number of nitrogens with one attached hydrogen (secondary N) is 1. The Morgan fingerprint density at radius 3 is 2.42 bits per heavy atom. The van der Waals surface area contributed by atoms with Crippen LogP contribution in [-0.4, -0.2) is 28.2 Å². The zero-order chi connectivity index (χ0) is 17.7. The van der Waals surface area contributed by atoms with Gasteiger partial charge >= 0.3 is 6.18 Å². The van der Waals surface area contributed by atoms with E-state index in [2.05, 4.69) is 10.4 Å². The van der Waals surface area contributed by atoms with Gasteiger partial charge in [0.2, 0.25) is 5.91 Å². The highest BCUT2D eigenvalue weighted by molar-refractivity contribution is 5.90. The van der Waals surface area contributed by atoms with E-state index in [1.807, 2.05) is 0 Å². The molecule has 7 nitrogen and oxygen atoms in total. The lowest BCUT2D eigenvalue weighted by Crippen LogP contribution is -2.20. The minimum absolute atomic E-state index is 0.271. The van der Waals surface area contributed by atoms with E-state index >= 15 is 0 Å². The molecule has 1 aromatic carbocycles. The maximum Gasteiger partial charge on any atom is 0.435 e. The van der Waals surface area contributed by atoms with Crippen molar-refractivity contribution in [2.75, 3.05) is 11.9 Å². The van der Waals surface area contributed by atoms with Gasteiger partial charge in [-0.2, -0.15) is 18.3 Å². The minimum atomic E-state index is -4.55. The summed E-state index contributed by atoms with van der Waals surface area (Å²) in [5.74, 6) is -0.781. The van der Waals surface area contributed by atoms with Crippen molar-refractivity contribution >= 4 is 17.5 Å². The third-order valence-corrected chi connectivity index (χ3v) is 2.76. The smallest absolute Gasteiger partial charge is 0.435 e. The largest absolute Gasteiger partial charge is 0.484 e. The van der Waals surface area contributed by atoms with Crippen LogP contribution in [0.3, 0.4) is 0 Å². The molecule has 0 saturated carbocycles. The number of nitrogens with two attached hydrogens (primary N) is 1. The Morgan fingerprint density at radius 2 is 1.88 bits per heavy atom. The van der Waals surface area contributed by atoms with Crippen LogP contribution in [0, 0.1) is 0 Å². The Hall–Kier alpha value is -3.04. The summed E-state index contributed by atoms with van der Waals surface area (Å²) in [5.41, 5.74) is 4.29. The lowest BCUT2D eigenvalue weighted by molar-refractivity contribution is -0.141. The van der Waals surface area contributed by atoms with E-state index < -0.39 is 23.7 Å². The Kier molecular flexibility index (Phi) is 5.07. The molecular formula is C14H13F3N4O3. The standard InChI is InChI=1S/C14H13F3N4O3/c15-14(16,17)11-5-6-21(20-11)7-13(23)19-9-1-3-10(4-2-9)24-8-12(18)22/h1-6H,7-8H2,(H2,18,22)(H,19,23). The Balaban J connectivity index is 1.90. The molecule has 2 amide bonds. The number of ether oxygens (including phenoxy) is 1. The summed E-state index contributed by atoms with van der Waals surface area (Å²) in [5, 5.41) is 5.79. The SMILES string of the molecule is NC(=O)COc1ccc(NC(=O)Cn2ccc(C(F)(F)F)n2)cc1. The van der Waals surface area contributed by atoms with E-state index in [9.17, 15) is 22.8 Å². The number of rotatable bonds is 6. The number of halogens is 3. The molecule has 1 heterocycles. The van der Waals surface area contributed by atoms with Gasteiger partial charge in [-0.05, 0) is 30.3 Å². The fraction of sp³-hybridized carbons (Fsp3) is 0.214. The molecule has 2 rings (SSSR count). The molecule has 0 atom stereocenters. The molecule has 0 aliphatic heterocycles. The number of hydrogen-bond donors (Lipinski definition) is 2. The molecule has 128 valence electrons. The number of anilines is 1. The van der Waals surface area contributed by atoms with Gasteiger partial charge in [-0.3, -0.25) is 14.3 Å². The lowest BCUT2D eigenvalue weighted by Gasteiger charge is -2.07. The molecule has 0 radical (unpaired) electrons. The fourth-order valence-corrected chi connectivity index (χ4v) is 1.74. The maximum atomic E-state index is 12.4. The van der Waals surface area contributed by atoms with Crippen molar-refractivity contribution in [1.82, 2.24) is 9.78 Å². The fourth-order valence-electron chi connectivity index (χ4n) is 1.74. The highest BCUT2D eigenvalue weighted by Crippen LogP contribution is 2.27. The Labute approximate surface area is 134 Å². The van der Waals surface area contributed by atoms with Gasteiger partial charge in [0, 0.05) is 11.9 Å². The van der Waals surface area contributed by atoms with Crippen molar-refractivity contribution < 1.29 is 27.5 Å². The summed E-state index contributed by atoms with van der Waals surface area (Å²) in [7, 11) is 0. The predicted molar refractivity (Wildman–Crippen MR) is 77.0 cm³/mol. The van der Waals surface area contributed by atoms with Gasteiger partial charge in [0.05, 0.1) is 0 Å². The third-order valence-electron chi connectivity index (χ3n) is 2.76. The normalized spacial score (nSPS) is 11.1. The van der Waals surface area contributed by atoms with Crippen LogP contribution < -0.4 is 15.8 Å². The summed E-state index contributed by atoms with van der Waals surface area (Å²) >= 11 is 0. The number of alkyl halides is 3. The van der Waals surface area contributed by atoms with Crippen molar-refractivity contribution in [3.63, 3.8) is 0 Å². The van der Waals surface area contributed by atoms with Crippen LogP contribution in [0.1, 0.15) is 5.69 Å². The number of primary amides is 1. The molecule has 24 heavy (non-hydrogen) atoms. The van der Waals surface area contributed by atoms with Crippen LogP contribution >= 0.6 is 0 Å². The Morgan fingerprint density at radius 1 is 1.21 bits per heavy atom. The quantitative estimate of drug-likeness (QED) is 0.829. The number of benzene rings is 1. The highest BCUT2D eigenvalue weighted by Gasteiger charge is 2.33. The summed E-state index contributed by atoms with van der Waals surface area (Å²) < 4.78 is 43.2. The van der Waals surface area contributed by atoms with Crippen molar-refractivity contribution in [3.05, 3.63) is 42.2 Å². The summed E-state index contributed by atoms with van der Waals surface area (Å²) in [6.45, 7) is -0.636. The van der Waals surface area contributed by atoms with Gasteiger partial charge in [0.1, 0.15) is 12.3 Å². The van der Waals surface area contributed by atoms with Crippen LogP contribution in [0.15, 0.2) is 36.5 Å². The van der Waals surface area contributed by atoms with Crippen molar-refractivity contribution in [1.29, 1.82) is 0 Å². The molecule has 0 unspecified atom stereocenters. The molecule has 0 aliphatic rings. The molecule has 10 heteroatoms. The molecule has 3 N–H and O–H groups in total. The van der Waals surface area contributed by atoms with Crippen LogP contribution in [-0.2, 0) is 22.3 Å². The number of aromatic nitrogens is 2. The molecule has 0 saturated heterocycles. The summed E-state index contributed by atoms with van der Waals surface area (Å²) in [6, 6.07) is 6.83. The number of hydrogen-bond acceptors (Lipinski definition) is 4. The van der Waals surface area contributed by atoms with Gasteiger partial charge in [-0.1, -0.05) is 0 Å². The first-order valence-corrected chi connectivity index (χ1v) is 6.66. The molecule has 0 spiro atoms. The third kappa shape index (κ3) is 5.00. The second-order valence-corrected chi connectivity index (χ2v) is 4.72. The Bertz CT molecular complexity index is 726. The molecule has 2 aromatic rings. The maximum absolute atomic E-state index is 12.4. The summed E-state index contributed by atoms with van der Waals surface area (Å²) in [6.07, 6.45) is -3.48. The van der Waals surface area contributed by atoms with E-state index in [1.54, 1.807) is 0 Å². The second kappa shape index (κ2) is 7.02. The van der Waals surface area contributed by atoms with E-state index in [0.29, 0.717) is 11.4 Å². The molecule has 1 aromatic heterocycles. The first-order valence-electron chi connectivity index (χ1n) is 6.66. The van der Waals surface area contributed by atoms with Gasteiger partial charge in [0.15, 0.2) is 12.3 Å². The monoisotopic (exact) mass is 342 g/mol. The van der Waals surface area contributed by atoms with Crippen molar-refractivity contribution in [2.45, 2.75) is 12.7 Å². The van der Waals surface area contributed by atoms with Crippen LogP contribution in [0.5, 0.6) is 5.75 Å². The second-order valence-electron chi connectivity index (χ2n) is 4.72. The first-order chi connectivity index (χ1) is 11.2. The highest BCUT2D eigenvalue weighted by atomic mass is 19.4. The average molecular weight is 342 g/mol. The van der Waals surface area contributed by atoms with Gasteiger partial charge in [-0.15, -0.1) is 0 Å². The van der Waals surface area contributed by atoms with E-state index in [0.717, 1.165) is 16.9 Å². The zero-order valence-corrected chi connectivity index (χ0v) is 12.2. The molecule has 0 fully saturated rings. The average Bonchev–Trinajstić information content (AvgIpc) is 2.95. The van der Waals surface area contributed by atoms with Gasteiger partial charge in [0.25, 0.3) is 5.91 Å². The number of nitrogens with zero attached hydrogens (tertiary/aromatic N) is 2. The lowest BCUT2D eigenvalue weighted by atomic mass is 10.3. The number of carbonyl (C=O) groups excluding carboxylic acids is 2. The van der Waals surface area contributed by atoms with E-state index in [4.69, 9.17) is 10.5 Å². The van der Waals surface area contributed by atoms with Crippen molar-refractivity contribution in [3.8, 4) is 5.75 Å². The molecular weight excluding hydrogens is 329 g/mol. The van der Waals surface area contributed by atoms with Gasteiger partial charge < -0.3 is 15.8 Å². The van der Waals surface area contributed by atoms with Crippen LogP contribution in [0.4, 0.5) is 18.9 Å². The predicted octanol–water partition coefficient (Wildman–Crippen LogP) is 1.40. The van der Waals surface area contributed by atoms with Crippen LogP contribution in [0.25, 0.3) is 0 Å². The van der Waals surface area contributed by atoms with E-state index in [-0.39, 0.29) is 13.2 Å². The van der Waals surface area contributed by atoms with E-state index in [1.165, 1.54) is 24.3 Å². The first kappa shape index (κ1) is 17.3. The van der Waals surface area contributed by atoms with Gasteiger partial charge in [-0.25, -0.2) is 0 Å². The molecule has 0 aliphatic carbocycles. The number of amides is 2. The number of carbonyl (C=O) groups is 2. The topological polar surface area (TPSA) is 99.2 Å².